The zero-order chi connectivity index (χ0) is 16.1. The fourth-order valence-corrected chi connectivity index (χ4v) is 3.37. The Hall–Kier alpha value is -1.92. The summed E-state index contributed by atoms with van der Waals surface area (Å²) in [7, 11) is 0. The molecule has 1 amide bonds. The van der Waals surface area contributed by atoms with Crippen molar-refractivity contribution in [2.24, 2.45) is 5.92 Å². The first-order valence-electron chi connectivity index (χ1n) is 7.83. The molecule has 0 N–H and O–H groups in total. The third-order valence-electron chi connectivity index (χ3n) is 3.89. The normalized spacial score (nSPS) is 18.1. The minimum Gasteiger partial charge on any atom is -0.381 e. The molecule has 0 unspecified atom stereocenters. The lowest BCUT2D eigenvalue weighted by Gasteiger charge is -2.22. The van der Waals surface area contributed by atoms with E-state index in [4.69, 9.17) is 4.74 Å². The molecule has 3 heterocycles. The van der Waals surface area contributed by atoms with Gasteiger partial charge >= 0.3 is 0 Å². The number of carbonyl (C=O) groups is 1. The number of ether oxygens (including phenoxy) is 1. The number of imidazole rings is 1. The summed E-state index contributed by atoms with van der Waals surface area (Å²) in [5.41, 5.74) is 1.07. The quantitative estimate of drug-likeness (QED) is 0.792. The Morgan fingerprint density at radius 3 is 3.22 bits per heavy atom. The summed E-state index contributed by atoms with van der Waals surface area (Å²) >= 11 is 1.63. The molecule has 1 aliphatic heterocycles. The summed E-state index contributed by atoms with van der Waals surface area (Å²) in [5.74, 6) is 0.319. The van der Waals surface area contributed by atoms with Crippen LogP contribution in [-0.2, 0) is 22.6 Å². The maximum Gasteiger partial charge on any atom is 0.246 e. The molecule has 0 spiro atoms. The van der Waals surface area contributed by atoms with E-state index in [1.807, 2.05) is 47.9 Å². The van der Waals surface area contributed by atoms with E-state index in [0.717, 1.165) is 17.1 Å². The van der Waals surface area contributed by atoms with E-state index in [-0.39, 0.29) is 11.8 Å². The van der Waals surface area contributed by atoms with Crippen molar-refractivity contribution >= 4 is 23.3 Å². The number of thiophene rings is 1. The minimum atomic E-state index is 0.0366. The molecule has 5 nitrogen and oxygen atoms in total. The molecule has 0 bridgehead atoms. The summed E-state index contributed by atoms with van der Waals surface area (Å²) in [6, 6.07) is 3.99. The maximum absolute atomic E-state index is 12.6. The Labute approximate surface area is 140 Å². The lowest BCUT2D eigenvalue weighted by molar-refractivity contribution is -0.127. The van der Waals surface area contributed by atoms with Crippen molar-refractivity contribution in [2.75, 3.05) is 19.8 Å². The van der Waals surface area contributed by atoms with Crippen molar-refractivity contribution < 1.29 is 9.53 Å². The molecule has 0 aromatic carbocycles. The number of nitrogens with zero attached hydrogens (tertiary/aromatic N) is 3. The smallest absolute Gasteiger partial charge is 0.246 e. The van der Waals surface area contributed by atoms with Gasteiger partial charge in [0, 0.05) is 42.8 Å². The van der Waals surface area contributed by atoms with Gasteiger partial charge in [0.25, 0.3) is 0 Å². The highest BCUT2D eigenvalue weighted by Crippen LogP contribution is 2.18. The molecule has 2 aromatic rings. The van der Waals surface area contributed by atoms with Gasteiger partial charge in [-0.1, -0.05) is 6.07 Å². The molecule has 3 rings (SSSR count). The van der Waals surface area contributed by atoms with E-state index in [2.05, 4.69) is 9.55 Å². The average Bonchev–Trinajstić information content (AvgIpc) is 3.19. The van der Waals surface area contributed by atoms with Crippen molar-refractivity contribution in [1.82, 2.24) is 14.5 Å². The van der Waals surface area contributed by atoms with Crippen LogP contribution in [0.15, 0.2) is 36.1 Å². The van der Waals surface area contributed by atoms with Gasteiger partial charge in [-0.15, -0.1) is 11.3 Å². The number of rotatable bonds is 5. The summed E-state index contributed by atoms with van der Waals surface area (Å²) in [5, 5.41) is 2.01. The molecule has 1 atom stereocenters. The maximum atomic E-state index is 12.6. The molecular formula is C17H21N3O2S. The van der Waals surface area contributed by atoms with Crippen LogP contribution in [0.4, 0.5) is 0 Å². The SMILES string of the molecule is CCOC[C@@H]1CN(C(=O)/C=C/c2cccs2)Cc2cncn2C1. The van der Waals surface area contributed by atoms with E-state index in [1.165, 1.54) is 0 Å². The first-order valence-corrected chi connectivity index (χ1v) is 8.71. The van der Waals surface area contributed by atoms with Gasteiger partial charge in [0.15, 0.2) is 0 Å². The second kappa shape index (κ2) is 7.57. The third-order valence-corrected chi connectivity index (χ3v) is 4.73. The van der Waals surface area contributed by atoms with Crippen LogP contribution >= 0.6 is 11.3 Å². The number of fused-ring (bicyclic) bond motifs is 1. The van der Waals surface area contributed by atoms with Crippen LogP contribution in [0.3, 0.4) is 0 Å². The van der Waals surface area contributed by atoms with Crippen molar-refractivity contribution in [3.63, 3.8) is 0 Å². The monoisotopic (exact) mass is 331 g/mol. The largest absolute Gasteiger partial charge is 0.381 e. The zero-order valence-electron chi connectivity index (χ0n) is 13.2. The topological polar surface area (TPSA) is 47.4 Å². The standard InChI is InChI=1S/C17H21N3O2S/c1-2-22-12-14-9-19(11-15-8-18-13-20(15)10-14)17(21)6-5-16-4-3-7-23-16/h3-8,13-14H,2,9-12H2,1H3/b6-5+/t14-/m1/s1. The van der Waals surface area contributed by atoms with Crippen LogP contribution in [0.1, 0.15) is 17.5 Å². The fraction of sp³-hybridized carbons (Fsp3) is 0.412. The first kappa shape index (κ1) is 16.0. The Balaban J connectivity index is 1.73. The van der Waals surface area contributed by atoms with Gasteiger partial charge < -0.3 is 14.2 Å². The van der Waals surface area contributed by atoms with Crippen molar-refractivity contribution in [3.8, 4) is 0 Å². The van der Waals surface area contributed by atoms with Crippen LogP contribution < -0.4 is 0 Å². The highest BCUT2D eigenvalue weighted by Gasteiger charge is 2.24. The summed E-state index contributed by atoms with van der Waals surface area (Å²) in [4.78, 5) is 19.7. The lowest BCUT2D eigenvalue weighted by atomic mass is 10.1. The van der Waals surface area contributed by atoms with Crippen LogP contribution in [0, 0.1) is 5.92 Å². The summed E-state index contributed by atoms with van der Waals surface area (Å²) in [6.45, 7) is 5.48. The second-order valence-corrected chi connectivity index (χ2v) is 6.61. The van der Waals surface area contributed by atoms with Crippen LogP contribution in [0.2, 0.25) is 0 Å². The van der Waals surface area contributed by atoms with Gasteiger partial charge in [-0.25, -0.2) is 4.98 Å². The highest BCUT2D eigenvalue weighted by molar-refractivity contribution is 7.10. The van der Waals surface area contributed by atoms with Crippen LogP contribution in [0.5, 0.6) is 0 Å². The van der Waals surface area contributed by atoms with E-state index >= 15 is 0 Å². The molecule has 0 radical (unpaired) electrons. The number of hydrogen-bond donors (Lipinski definition) is 0. The number of hydrogen-bond acceptors (Lipinski definition) is 4. The molecule has 0 saturated carbocycles. The molecule has 122 valence electrons. The van der Waals surface area contributed by atoms with Gasteiger partial charge in [0.05, 0.1) is 25.2 Å². The molecule has 1 aliphatic rings. The molecule has 0 aliphatic carbocycles. The van der Waals surface area contributed by atoms with Gasteiger partial charge in [0.1, 0.15) is 0 Å². The number of aromatic nitrogens is 2. The zero-order valence-corrected chi connectivity index (χ0v) is 14.0. The number of carbonyl (C=O) groups excluding carboxylic acids is 1. The minimum absolute atomic E-state index is 0.0366. The molecule has 2 aromatic heterocycles. The first-order chi connectivity index (χ1) is 11.3. The Morgan fingerprint density at radius 1 is 1.52 bits per heavy atom. The second-order valence-electron chi connectivity index (χ2n) is 5.63. The molecule has 6 heteroatoms. The highest BCUT2D eigenvalue weighted by atomic mass is 32.1. The average molecular weight is 331 g/mol. The van der Waals surface area contributed by atoms with Crippen molar-refractivity contribution in [1.29, 1.82) is 0 Å². The number of amides is 1. The third kappa shape index (κ3) is 4.09. The van der Waals surface area contributed by atoms with E-state index < -0.39 is 0 Å². The molecule has 23 heavy (non-hydrogen) atoms. The van der Waals surface area contributed by atoms with E-state index in [0.29, 0.717) is 26.3 Å². The van der Waals surface area contributed by atoms with Crippen molar-refractivity contribution in [3.05, 3.63) is 46.7 Å². The fourth-order valence-electron chi connectivity index (χ4n) is 2.75. The molecule has 0 saturated heterocycles. The Morgan fingerprint density at radius 2 is 2.43 bits per heavy atom. The van der Waals surface area contributed by atoms with Crippen LogP contribution in [-0.4, -0.2) is 40.1 Å². The Bertz CT molecular complexity index is 663. The van der Waals surface area contributed by atoms with Gasteiger partial charge in [0.2, 0.25) is 5.91 Å². The Kier molecular flexibility index (Phi) is 5.25. The van der Waals surface area contributed by atoms with Crippen molar-refractivity contribution in [2.45, 2.75) is 20.0 Å². The van der Waals surface area contributed by atoms with Gasteiger partial charge in [-0.3, -0.25) is 4.79 Å². The van der Waals surface area contributed by atoms with E-state index in [9.17, 15) is 4.79 Å². The predicted molar refractivity (Wildman–Crippen MR) is 91.0 cm³/mol. The van der Waals surface area contributed by atoms with Crippen LogP contribution in [0.25, 0.3) is 6.08 Å². The summed E-state index contributed by atoms with van der Waals surface area (Å²) in [6.07, 6.45) is 7.22. The lowest BCUT2D eigenvalue weighted by Crippen LogP contribution is -2.34. The molecule has 0 fully saturated rings. The van der Waals surface area contributed by atoms with Gasteiger partial charge in [-0.2, -0.15) is 0 Å². The summed E-state index contributed by atoms with van der Waals surface area (Å²) < 4.78 is 7.70. The van der Waals surface area contributed by atoms with Gasteiger partial charge in [-0.05, 0) is 24.4 Å². The van der Waals surface area contributed by atoms with E-state index in [1.54, 1.807) is 17.4 Å². The predicted octanol–water partition coefficient (Wildman–Crippen LogP) is 2.65. The molecular weight excluding hydrogens is 310 g/mol.